The quantitative estimate of drug-likeness (QED) is 0.345. The first-order valence-corrected chi connectivity index (χ1v) is 9.81. The van der Waals surface area contributed by atoms with Crippen LogP contribution in [-0.2, 0) is 12.8 Å². The minimum Gasteiger partial charge on any atom is -0.289 e. The van der Waals surface area contributed by atoms with Crippen molar-refractivity contribution < 1.29 is 13.6 Å². The van der Waals surface area contributed by atoms with E-state index in [1.165, 1.54) is 12.1 Å². The maximum atomic E-state index is 14.2. The van der Waals surface area contributed by atoms with Crippen LogP contribution in [0.15, 0.2) is 97.1 Å². The highest BCUT2D eigenvalue weighted by molar-refractivity contribution is 6.11. The Morgan fingerprint density at radius 1 is 0.500 bits per heavy atom. The van der Waals surface area contributed by atoms with E-state index >= 15 is 0 Å². The van der Waals surface area contributed by atoms with Crippen LogP contribution in [0.3, 0.4) is 0 Å². The lowest BCUT2D eigenvalue weighted by molar-refractivity contribution is 0.103. The Kier molecular flexibility index (Phi) is 5.80. The third-order valence-corrected chi connectivity index (χ3v) is 5.20. The molecule has 1 nitrogen and oxygen atoms in total. The monoisotopic (exact) mass is 398 g/mol. The molecule has 4 aromatic carbocycles. The molecular formula is C27H20F2O. The molecule has 0 saturated heterocycles. The van der Waals surface area contributed by atoms with Gasteiger partial charge in [-0.2, -0.15) is 0 Å². The zero-order chi connectivity index (χ0) is 20.9. The van der Waals surface area contributed by atoms with E-state index in [2.05, 4.69) is 0 Å². The Bertz CT molecular complexity index is 1100. The zero-order valence-corrected chi connectivity index (χ0v) is 16.3. The van der Waals surface area contributed by atoms with Crippen LogP contribution in [0.4, 0.5) is 8.78 Å². The molecule has 0 heterocycles. The Labute approximate surface area is 174 Å². The number of ketones is 1. The van der Waals surface area contributed by atoms with Crippen molar-refractivity contribution in [3.05, 3.63) is 142 Å². The van der Waals surface area contributed by atoms with Crippen LogP contribution in [0.25, 0.3) is 0 Å². The lowest BCUT2D eigenvalue weighted by Crippen LogP contribution is -2.10. The number of benzene rings is 4. The van der Waals surface area contributed by atoms with Gasteiger partial charge in [0.1, 0.15) is 11.6 Å². The van der Waals surface area contributed by atoms with Gasteiger partial charge in [-0.1, -0.05) is 84.9 Å². The SMILES string of the molecule is O=C(c1ccccc1Cc1ccccc1F)c1ccccc1Cc1ccccc1F. The molecule has 0 N–H and O–H groups in total. The van der Waals surface area contributed by atoms with Gasteiger partial charge in [-0.15, -0.1) is 0 Å². The Morgan fingerprint density at radius 3 is 1.23 bits per heavy atom. The maximum Gasteiger partial charge on any atom is 0.193 e. The van der Waals surface area contributed by atoms with Gasteiger partial charge in [-0.25, -0.2) is 8.78 Å². The molecule has 0 aliphatic heterocycles. The highest BCUT2D eigenvalue weighted by Gasteiger charge is 2.18. The maximum absolute atomic E-state index is 14.2. The van der Waals surface area contributed by atoms with Crippen LogP contribution >= 0.6 is 0 Å². The molecule has 30 heavy (non-hydrogen) atoms. The van der Waals surface area contributed by atoms with Gasteiger partial charge in [-0.3, -0.25) is 4.79 Å². The molecule has 3 heteroatoms. The molecule has 0 unspecified atom stereocenters. The van der Waals surface area contributed by atoms with E-state index in [1.54, 1.807) is 60.7 Å². The van der Waals surface area contributed by atoms with Gasteiger partial charge in [0.25, 0.3) is 0 Å². The molecule has 4 aromatic rings. The van der Waals surface area contributed by atoms with E-state index in [4.69, 9.17) is 0 Å². The predicted molar refractivity (Wildman–Crippen MR) is 115 cm³/mol. The molecule has 0 fully saturated rings. The van der Waals surface area contributed by atoms with E-state index < -0.39 is 0 Å². The summed E-state index contributed by atoms with van der Waals surface area (Å²) in [4.78, 5) is 13.5. The van der Waals surface area contributed by atoms with Gasteiger partial charge in [0.15, 0.2) is 5.78 Å². The molecule has 0 radical (unpaired) electrons. The predicted octanol–water partition coefficient (Wildman–Crippen LogP) is 6.38. The average Bonchev–Trinajstić information content (AvgIpc) is 2.77. The van der Waals surface area contributed by atoms with E-state index in [0.717, 1.165) is 11.1 Å². The van der Waals surface area contributed by atoms with Crippen LogP contribution < -0.4 is 0 Å². The van der Waals surface area contributed by atoms with Crippen molar-refractivity contribution in [1.82, 2.24) is 0 Å². The zero-order valence-electron chi connectivity index (χ0n) is 16.3. The van der Waals surface area contributed by atoms with Crippen molar-refractivity contribution in [2.45, 2.75) is 12.8 Å². The number of carbonyl (C=O) groups excluding carboxylic acids is 1. The van der Waals surface area contributed by atoms with Gasteiger partial charge in [0.05, 0.1) is 0 Å². The molecular weight excluding hydrogens is 378 g/mol. The molecule has 0 atom stereocenters. The topological polar surface area (TPSA) is 17.1 Å². The third kappa shape index (κ3) is 4.20. The number of carbonyl (C=O) groups is 1. The van der Waals surface area contributed by atoms with Crippen molar-refractivity contribution in [2.75, 3.05) is 0 Å². The van der Waals surface area contributed by atoms with Gasteiger partial charge >= 0.3 is 0 Å². The normalized spacial score (nSPS) is 10.7. The third-order valence-electron chi connectivity index (χ3n) is 5.20. The second-order valence-electron chi connectivity index (χ2n) is 7.18. The largest absolute Gasteiger partial charge is 0.289 e. The summed E-state index contributed by atoms with van der Waals surface area (Å²) in [5.41, 5.74) is 3.65. The van der Waals surface area contributed by atoms with Crippen LogP contribution in [0.2, 0.25) is 0 Å². The summed E-state index contributed by atoms with van der Waals surface area (Å²) < 4.78 is 28.3. The Morgan fingerprint density at radius 2 is 0.833 bits per heavy atom. The number of halogens is 2. The fraction of sp³-hybridized carbons (Fsp3) is 0.0741. The first kappa shape index (κ1) is 19.7. The molecule has 0 saturated carbocycles. The summed E-state index contributed by atoms with van der Waals surface area (Å²) in [5.74, 6) is -0.728. The molecule has 0 bridgehead atoms. The highest BCUT2D eigenvalue weighted by Crippen LogP contribution is 2.23. The van der Waals surface area contributed by atoms with Crippen LogP contribution in [0.5, 0.6) is 0 Å². The van der Waals surface area contributed by atoms with Crippen molar-refractivity contribution in [2.24, 2.45) is 0 Å². The van der Waals surface area contributed by atoms with Gasteiger partial charge in [0.2, 0.25) is 0 Å². The van der Waals surface area contributed by atoms with Crippen LogP contribution in [-0.4, -0.2) is 5.78 Å². The fourth-order valence-corrected chi connectivity index (χ4v) is 3.63. The first-order chi connectivity index (χ1) is 14.6. The van der Waals surface area contributed by atoms with Crippen molar-refractivity contribution in [3.8, 4) is 0 Å². The molecule has 0 spiro atoms. The van der Waals surface area contributed by atoms with Crippen LogP contribution in [0, 0.1) is 11.6 Å². The van der Waals surface area contributed by atoms with E-state index in [-0.39, 0.29) is 17.4 Å². The molecule has 0 aliphatic carbocycles. The number of rotatable bonds is 6. The smallest absolute Gasteiger partial charge is 0.193 e. The van der Waals surface area contributed by atoms with Crippen molar-refractivity contribution in [3.63, 3.8) is 0 Å². The standard InChI is InChI=1S/C27H20F2O/c28-25-15-7-3-11-21(25)17-19-9-1-5-13-23(19)27(30)24-14-6-2-10-20(24)18-22-12-4-8-16-26(22)29/h1-16H,17-18H2. The average molecular weight is 398 g/mol. The summed E-state index contributed by atoms with van der Waals surface area (Å²) in [6.45, 7) is 0. The van der Waals surface area contributed by atoms with Gasteiger partial charge in [-0.05, 0) is 34.4 Å². The fourth-order valence-electron chi connectivity index (χ4n) is 3.63. The van der Waals surface area contributed by atoms with Gasteiger partial charge < -0.3 is 0 Å². The molecule has 0 amide bonds. The molecule has 0 aliphatic rings. The second kappa shape index (κ2) is 8.83. The van der Waals surface area contributed by atoms with Crippen molar-refractivity contribution in [1.29, 1.82) is 0 Å². The van der Waals surface area contributed by atoms with E-state index in [0.29, 0.717) is 35.1 Å². The summed E-state index contributed by atoms with van der Waals surface area (Å²) in [5, 5.41) is 0. The summed E-state index contributed by atoms with van der Waals surface area (Å²) in [6, 6.07) is 27.7. The number of hydrogen-bond donors (Lipinski definition) is 0. The number of hydrogen-bond acceptors (Lipinski definition) is 1. The van der Waals surface area contributed by atoms with Crippen molar-refractivity contribution >= 4 is 5.78 Å². The van der Waals surface area contributed by atoms with E-state index in [1.807, 2.05) is 24.3 Å². The van der Waals surface area contributed by atoms with Gasteiger partial charge in [0, 0.05) is 24.0 Å². The highest BCUT2D eigenvalue weighted by atomic mass is 19.1. The minimum atomic E-state index is -0.292. The second-order valence-corrected chi connectivity index (χ2v) is 7.18. The summed E-state index contributed by atoms with van der Waals surface area (Å²) in [6.07, 6.45) is 0.647. The molecule has 4 rings (SSSR count). The van der Waals surface area contributed by atoms with E-state index in [9.17, 15) is 13.6 Å². The molecule has 148 valence electrons. The molecule has 0 aromatic heterocycles. The van der Waals surface area contributed by atoms with Crippen LogP contribution in [0.1, 0.15) is 38.2 Å². The Balaban J connectivity index is 1.70. The lowest BCUT2D eigenvalue weighted by atomic mass is 9.90. The minimum absolute atomic E-state index is 0.145. The lowest BCUT2D eigenvalue weighted by Gasteiger charge is -2.13. The summed E-state index contributed by atoms with van der Waals surface area (Å²) >= 11 is 0. The Hall–Kier alpha value is -3.59. The summed E-state index contributed by atoms with van der Waals surface area (Å²) in [7, 11) is 0. The first-order valence-electron chi connectivity index (χ1n) is 9.81.